The largest absolute Gasteiger partial charge is 0.337 e. The molecule has 0 saturated heterocycles. The van der Waals surface area contributed by atoms with Crippen molar-refractivity contribution < 1.29 is 9.32 Å². The number of aromatic amines is 1. The fourth-order valence-corrected chi connectivity index (χ4v) is 3.23. The summed E-state index contributed by atoms with van der Waals surface area (Å²) in [6, 6.07) is 7.12. The quantitative estimate of drug-likeness (QED) is 0.758. The van der Waals surface area contributed by atoms with Crippen LogP contribution in [0.2, 0.25) is 0 Å². The molecule has 0 fully saturated rings. The van der Waals surface area contributed by atoms with Crippen molar-refractivity contribution in [1.29, 1.82) is 0 Å². The molecular weight excluding hydrogens is 346 g/mol. The van der Waals surface area contributed by atoms with E-state index >= 15 is 0 Å². The Balaban J connectivity index is 1.52. The summed E-state index contributed by atoms with van der Waals surface area (Å²) in [5, 5.41) is 3.89. The maximum Gasteiger partial charge on any atom is 0.261 e. The van der Waals surface area contributed by atoms with E-state index in [2.05, 4.69) is 20.1 Å². The Hall–Kier alpha value is -3.29. The van der Waals surface area contributed by atoms with Crippen molar-refractivity contribution in [1.82, 2.24) is 25.0 Å². The Kier molecular flexibility index (Phi) is 4.53. The Labute approximate surface area is 155 Å². The first-order valence-corrected chi connectivity index (χ1v) is 8.86. The van der Waals surface area contributed by atoms with Crippen molar-refractivity contribution in [2.24, 2.45) is 0 Å². The molecule has 1 N–H and O–H groups in total. The number of rotatable bonds is 4. The molecule has 1 amide bonds. The average Bonchev–Trinajstić information content (AvgIpc) is 3.16. The summed E-state index contributed by atoms with van der Waals surface area (Å²) < 4.78 is 5.22. The summed E-state index contributed by atoms with van der Waals surface area (Å²) in [6.45, 7) is 0.106. The summed E-state index contributed by atoms with van der Waals surface area (Å²) in [5.41, 5.74) is 2.37. The fraction of sp³-hybridized carbons (Fsp3) is 0.316. The molecule has 0 bridgehead atoms. The van der Waals surface area contributed by atoms with Crippen molar-refractivity contribution in [3.05, 3.63) is 63.5 Å². The third-order valence-electron chi connectivity index (χ3n) is 4.65. The molecule has 0 unspecified atom stereocenters. The number of nitrogens with zero attached hydrogens (tertiary/aromatic N) is 4. The van der Waals surface area contributed by atoms with Crippen LogP contribution < -0.4 is 5.56 Å². The number of aryl methyl sites for hydroxylation is 2. The summed E-state index contributed by atoms with van der Waals surface area (Å²) >= 11 is 0. The van der Waals surface area contributed by atoms with E-state index in [-0.39, 0.29) is 29.5 Å². The smallest absolute Gasteiger partial charge is 0.261 e. The van der Waals surface area contributed by atoms with Crippen LogP contribution in [-0.4, -0.2) is 38.0 Å². The monoisotopic (exact) mass is 365 g/mol. The Morgan fingerprint density at radius 2 is 2.15 bits per heavy atom. The van der Waals surface area contributed by atoms with Gasteiger partial charge in [0.2, 0.25) is 11.7 Å². The summed E-state index contributed by atoms with van der Waals surface area (Å²) in [7, 11) is 1.60. The normalized spacial score (nSPS) is 13.2. The SMILES string of the molecule is CN(Cc1nc(-c2ccccn2)no1)C(=O)c1cc2c([nH]c1=O)CCCC2. The van der Waals surface area contributed by atoms with E-state index in [9.17, 15) is 9.59 Å². The number of aromatic nitrogens is 4. The Morgan fingerprint density at radius 3 is 2.96 bits per heavy atom. The molecule has 1 aliphatic carbocycles. The lowest BCUT2D eigenvalue weighted by atomic mass is 9.95. The number of hydrogen-bond donors (Lipinski definition) is 1. The second kappa shape index (κ2) is 7.14. The highest BCUT2D eigenvalue weighted by molar-refractivity contribution is 5.93. The van der Waals surface area contributed by atoms with Gasteiger partial charge in [-0.25, -0.2) is 0 Å². The van der Waals surface area contributed by atoms with Gasteiger partial charge in [-0.3, -0.25) is 14.6 Å². The van der Waals surface area contributed by atoms with Crippen LogP contribution in [0, 0.1) is 0 Å². The van der Waals surface area contributed by atoms with Gasteiger partial charge in [0, 0.05) is 18.9 Å². The number of nitrogens with one attached hydrogen (secondary N) is 1. The van der Waals surface area contributed by atoms with Crippen molar-refractivity contribution in [3.8, 4) is 11.5 Å². The fourth-order valence-electron chi connectivity index (χ4n) is 3.23. The zero-order valence-electron chi connectivity index (χ0n) is 14.9. The number of carbonyl (C=O) groups excluding carboxylic acids is 1. The molecule has 27 heavy (non-hydrogen) atoms. The molecule has 0 aromatic carbocycles. The van der Waals surface area contributed by atoms with E-state index in [1.165, 1.54) is 4.90 Å². The van der Waals surface area contributed by atoms with Crippen molar-refractivity contribution in [2.45, 2.75) is 32.2 Å². The van der Waals surface area contributed by atoms with Crippen LogP contribution in [0.15, 0.2) is 39.8 Å². The van der Waals surface area contributed by atoms with E-state index < -0.39 is 0 Å². The molecule has 0 aliphatic heterocycles. The van der Waals surface area contributed by atoms with E-state index in [0.717, 1.165) is 36.9 Å². The van der Waals surface area contributed by atoms with Crippen molar-refractivity contribution in [3.63, 3.8) is 0 Å². The van der Waals surface area contributed by atoms with Gasteiger partial charge in [0.25, 0.3) is 11.5 Å². The van der Waals surface area contributed by atoms with E-state index in [4.69, 9.17) is 4.52 Å². The predicted molar refractivity (Wildman–Crippen MR) is 97.0 cm³/mol. The summed E-state index contributed by atoms with van der Waals surface area (Å²) in [6.07, 6.45) is 5.51. The lowest BCUT2D eigenvalue weighted by Gasteiger charge is -2.18. The third kappa shape index (κ3) is 3.51. The first-order valence-electron chi connectivity index (χ1n) is 8.86. The Morgan fingerprint density at radius 1 is 1.30 bits per heavy atom. The second-order valence-electron chi connectivity index (χ2n) is 6.61. The number of carbonyl (C=O) groups is 1. The van der Waals surface area contributed by atoms with Gasteiger partial charge in [-0.1, -0.05) is 11.2 Å². The first-order chi connectivity index (χ1) is 13.1. The average molecular weight is 365 g/mol. The van der Waals surface area contributed by atoms with Crippen LogP contribution in [0.5, 0.6) is 0 Å². The summed E-state index contributed by atoms with van der Waals surface area (Å²) in [4.78, 5) is 37.7. The molecule has 0 saturated carbocycles. The van der Waals surface area contributed by atoms with Gasteiger partial charge in [-0.2, -0.15) is 4.98 Å². The van der Waals surface area contributed by atoms with Crippen LogP contribution in [0.1, 0.15) is 40.3 Å². The lowest BCUT2D eigenvalue weighted by Crippen LogP contribution is -2.32. The molecule has 4 rings (SSSR count). The molecule has 3 heterocycles. The minimum Gasteiger partial charge on any atom is -0.337 e. The topological polar surface area (TPSA) is 105 Å². The molecule has 0 atom stereocenters. The highest BCUT2D eigenvalue weighted by atomic mass is 16.5. The number of H-pyrrole nitrogens is 1. The van der Waals surface area contributed by atoms with Gasteiger partial charge in [0.15, 0.2) is 0 Å². The van der Waals surface area contributed by atoms with Crippen molar-refractivity contribution in [2.75, 3.05) is 7.05 Å². The van der Waals surface area contributed by atoms with Gasteiger partial charge < -0.3 is 14.4 Å². The highest BCUT2D eigenvalue weighted by Crippen LogP contribution is 2.19. The van der Waals surface area contributed by atoms with E-state index in [1.54, 1.807) is 31.4 Å². The molecule has 0 spiro atoms. The summed E-state index contributed by atoms with van der Waals surface area (Å²) in [5.74, 6) is 0.265. The molecule has 138 valence electrons. The van der Waals surface area contributed by atoms with E-state index in [0.29, 0.717) is 11.5 Å². The third-order valence-corrected chi connectivity index (χ3v) is 4.65. The first kappa shape index (κ1) is 17.1. The maximum atomic E-state index is 12.7. The zero-order chi connectivity index (χ0) is 18.8. The minimum atomic E-state index is -0.373. The standard InChI is InChI=1S/C19H19N5O3/c1-24(11-16-22-17(23-27-16)15-8-4-5-9-20-15)19(26)13-10-12-6-2-3-7-14(12)21-18(13)25/h4-5,8-10H,2-3,6-7,11H2,1H3,(H,21,25). The van der Waals surface area contributed by atoms with Crippen molar-refractivity contribution >= 4 is 5.91 Å². The molecule has 8 heteroatoms. The molecular formula is C19H19N5O3. The number of amides is 1. The molecule has 0 radical (unpaired) electrons. The van der Waals surface area contributed by atoms with Gasteiger partial charge in [-0.05, 0) is 49.4 Å². The second-order valence-corrected chi connectivity index (χ2v) is 6.61. The van der Waals surface area contributed by atoms with Gasteiger partial charge in [0.05, 0.1) is 0 Å². The molecule has 1 aliphatic rings. The van der Waals surface area contributed by atoms with Crippen LogP contribution >= 0.6 is 0 Å². The van der Waals surface area contributed by atoms with Gasteiger partial charge in [0.1, 0.15) is 17.8 Å². The van der Waals surface area contributed by atoms with Gasteiger partial charge in [-0.15, -0.1) is 0 Å². The minimum absolute atomic E-state index is 0.106. The van der Waals surface area contributed by atoms with Crippen LogP contribution in [0.25, 0.3) is 11.5 Å². The Bertz CT molecular complexity index is 1030. The van der Waals surface area contributed by atoms with Crippen LogP contribution in [0.3, 0.4) is 0 Å². The lowest BCUT2D eigenvalue weighted by molar-refractivity contribution is 0.0767. The number of pyridine rings is 2. The van der Waals surface area contributed by atoms with Crippen LogP contribution in [-0.2, 0) is 19.4 Å². The highest BCUT2D eigenvalue weighted by Gasteiger charge is 2.21. The zero-order valence-corrected chi connectivity index (χ0v) is 14.9. The number of fused-ring (bicyclic) bond motifs is 1. The predicted octanol–water partition coefficient (Wildman–Crippen LogP) is 1.97. The molecule has 8 nitrogen and oxygen atoms in total. The molecule has 3 aromatic heterocycles. The maximum absolute atomic E-state index is 12.7. The van der Waals surface area contributed by atoms with Crippen LogP contribution in [0.4, 0.5) is 0 Å². The number of hydrogen-bond acceptors (Lipinski definition) is 6. The van der Waals surface area contributed by atoms with Gasteiger partial charge >= 0.3 is 0 Å². The molecule has 3 aromatic rings. The van der Waals surface area contributed by atoms with E-state index in [1.807, 2.05) is 6.07 Å².